The van der Waals surface area contributed by atoms with Crippen LogP contribution in [0.1, 0.15) is 52.7 Å². The lowest BCUT2D eigenvalue weighted by molar-refractivity contribution is -0.142. The van der Waals surface area contributed by atoms with Gasteiger partial charge in [0, 0.05) is 18.5 Å². The van der Waals surface area contributed by atoms with Crippen molar-refractivity contribution in [2.24, 2.45) is 5.73 Å². The molecule has 0 aromatic heterocycles. The van der Waals surface area contributed by atoms with Crippen molar-refractivity contribution in [3.63, 3.8) is 0 Å². The molecule has 6 heteroatoms. The van der Waals surface area contributed by atoms with Crippen LogP contribution in [0.15, 0.2) is 12.1 Å². The van der Waals surface area contributed by atoms with Gasteiger partial charge in [-0.3, -0.25) is 9.59 Å². The number of esters is 1. The van der Waals surface area contributed by atoms with Gasteiger partial charge in [-0.15, -0.1) is 0 Å². The summed E-state index contributed by atoms with van der Waals surface area (Å²) >= 11 is 0. The highest BCUT2D eigenvalue weighted by molar-refractivity contribution is 6.00. The number of nitrogens with one attached hydrogen (secondary N) is 1. The number of ether oxygens (including phenoxy) is 1. The van der Waals surface area contributed by atoms with Crippen LogP contribution in [-0.4, -0.2) is 30.9 Å². The zero-order valence-electron chi connectivity index (χ0n) is 14.6. The Bertz CT molecular complexity index is 588. The Balaban J connectivity index is 2.32. The molecule has 0 heterocycles. The van der Waals surface area contributed by atoms with E-state index in [9.17, 15) is 14.4 Å². The summed E-state index contributed by atoms with van der Waals surface area (Å²) in [7, 11) is 0. The second kappa shape index (κ2) is 9.70. The zero-order valence-corrected chi connectivity index (χ0v) is 14.6. The molecular weight excluding hydrogens is 308 g/mol. The van der Waals surface area contributed by atoms with E-state index < -0.39 is 6.03 Å². The van der Waals surface area contributed by atoms with Crippen LogP contribution < -0.4 is 11.1 Å². The summed E-state index contributed by atoms with van der Waals surface area (Å²) < 4.78 is 5.07. The number of hydrogen-bond donors (Lipinski definition) is 2. The van der Waals surface area contributed by atoms with E-state index in [4.69, 9.17) is 10.5 Å². The molecule has 1 rings (SSSR count). The number of benzene rings is 1. The molecule has 2 amide bonds. The smallest absolute Gasteiger partial charge is 0.312 e. The first-order valence-corrected chi connectivity index (χ1v) is 8.11. The van der Waals surface area contributed by atoms with Crippen molar-refractivity contribution in [2.45, 2.75) is 46.5 Å². The molecule has 24 heavy (non-hydrogen) atoms. The standard InChI is InChI=1S/C18H26N2O4/c1-12-9-13(2)17(14(3)10-12)15(21)11-24-16(22)7-5-4-6-8-20-18(19)23/h9-10H,4-8,11H2,1-3H3,(H3,19,20,23). The van der Waals surface area contributed by atoms with E-state index in [2.05, 4.69) is 5.32 Å². The van der Waals surface area contributed by atoms with E-state index in [1.54, 1.807) is 0 Å². The normalized spacial score (nSPS) is 10.3. The van der Waals surface area contributed by atoms with Crippen LogP contribution in [0.2, 0.25) is 0 Å². The van der Waals surface area contributed by atoms with E-state index in [0.29, 0.717) is 18.5 Å². The Morgan fingerprint density at radius 3 is 2.25 bits per heavy atom. The van der Waals surface area contributed by atoms with Crippen molar-refractivity contribution in [3.05, 3.63) is 34.4 Å². The number of carbonyl (C=O) groups is 3. The minimum atomic E-state index is -0.547. The summed E-state index contributed by atoms with van der Waals surface area (Å²) in [5.74, 6) is -0.558. The molecule has 0 saturated heterocycles. The Labute approximate surface area is 142 Å². The number of aryl methyl sites for hydroxylation is 3. The van der Waals surface area contributed by atoms with Crippen LogP contribution in [0.3, 0.4) is 0 Å². The summed E-state index contributed by atoms with van der Waals surface area (Å²) in [6.07, 6.45) is 2.43. The molecule has 0 bridgehead atoms. The third kappa shape index (κ3) is 6.81. The highest BCUT2D eigenvalue weighted by Crippen LogP contribution is 2.17. The van der Waals surface area contributed by atoms with Gasteiger partial charge in [0.05, 0.1) is 0 Å². The minimum Gasteiger partial charge on any atom is -0.457 e. The van der Waals surface area contributed by atoms with E-state index >= 15 is 0 Å². The predicted molar refractivity (Wildman–Crippen MR) is 92.0 cm³/mol. The number of ketones is 1. The predicted octanol–water partition coefficient (Wildman–Crippen LogP) is 2.57. The molecule has 0 spiro atoms. The second-order valence-electron chi connectivity index (χ2n) is 5.96. The molecular formula is C18H26N2O4. The molecule has 0 fully saturated rings. The number of amides is 2. The average molecular weight is 334 g/mol. The summed E-state index contributed by atoms with van der Waals surface area (Å²) in [6, 6.07) is 3.35. The number of unbranched alkanes of at least 4 members (excludes halogenated alkanes) is 2. The molecule has 0 aliphatic rings. The fourth-order valence-electron chi connectivity index (χ4n) is 2.69. The first-order chi connectivity index (χ1) is 11.3. The van der Waals surface area contributed by atoms with Crippen molar-refractivity contribution < 1.29 is 19.1 Å². The molecule has 0 saturated carbocycles. The summed E-state index contributed by atoms with van der Waals surface area (Å²) in [4.78, 5) is 34.4. The van der Waals surface area contributed by atoms with Gasteiger partial charge in [-0.05, 0) is 44.7 Å². The third-order valence-electron chi connectivity index (χ3n) is 3.68. The van der Waals surface area contributed by atoms with E-state index in [1.165, 1.54) is 0 Å². The molecule has 6 nitrogen and oxygen atoms in total. The maximum Gasteiger partial charge on any atom is 0.312 e. The number of nitrogens with two attached hydrogens (primary N) is 1. The second-order valence-corrected chi connectivity index (χ2v) is 5.96. The summed E-state index contributed by atoms with van der Waals surface area (Å²) in [5.41, 5.74) is 8.47. The first-order valence-electron chi connectivity index (χ1n) is 8.11. The summed E-state index contributed by atoms with van der Waals surface area (Å²) in [5, 5.41) is 2.48. The van der Waals surface area contributed by atoms with E-state index in [-0.39, 0.29) is 24.8 Å². The lowest BCUT2D eigenvalue weighted by Gasteiger charge is -2.10. The topological polar surface area (TPSA) is 98.5 Å². The molecule has 0 unspecified atom stereocenters. The fourth-order valence-corrected chi connectivity index (χ4v) is 2.69. The van der Waals surface area contributed by atoms with E-state index in [1.807, 2.05) is 32.9 Å². The maximum atomic E-state index is 12.3. The largest absolute Gasteiger partial charge is 0.457 e. The molecule has 0 atom stereocenters. The van der Waals surface area contributed by atoms with Crippen molar-refractivity contribution in [1.82, 2.24) is 5.32 Å². The van der Waals surface area contributed by atoms with Gasteiger partial charge < -0.3 is 15.8 Å². The molecule has 1 aromatic carbocycles. The van der Waals surface area contributed by atoms with Gasteiger partial charge in [0.25, 0.3) is 0 Å². The Kier molecular flexibility index (Phi) is 7.95. The van der Waals surface area contributed by atoms with Crippen LogP contribution in [0.5, 0.6) is 0 Å². The number of rotatable bonds is 9. The number of Topliss-reactive ketones (excluding diaryl/α,β-unsaturated/α-hetero) is 1. The van der Waals surface area contributed by atoms with Crippen LogP contribution in [0.25, 0.3) is 0 Å². The Morgan fingerprint density at radius 1 is 1.04 bits per heavy atom. The Hall–Kier alpha value is -2.37. The van der Waals surface area contributed by atoms with Gasteiger partial charge in [-0.1, -0.05) is 24.1 Å². The van der Waals surface area contributed by atoms with E-state index in [0.717, 1.165) is 29.5 Å². The molecule has 0 aliphatic carbocycles. The van der Waals surface area contributed by atoms with Gasteiger partial charge in [-0.25, -0.2) is 4.79 Å². The average Bonchev–Trinajstić information content (AvgIpc) is 2.47. The first kappa shape index (κ1) is 19.7. The third-order valence-corrected chi connectivity index (χ3v) is 3.68. The quantitative estimate of drug-likeness (QED) is 0.412. The molecule has 0 aliphatic heterocycles. The van der Waals surface area contributed by atoms with Crippen LogP contribution in [0, 0.1) is 20.8 Å². The number of hydrogen-bond acceptors (Lipinski definition) is 4. The SMILES string of the molecule is Cc1cc(C)c(C(=O)COC(=O)CCCCCNC(N)=O)c(C)c1. The van der Waals surface area contributed by atoms with Gasteiger partial charge in [0.2, 0.25) is 5.78 Å². The van der Waals surface area contributed by atoms with Crippen LogP contribution >= 0.6 is 0 Å². The minimum absolute atomic E-state index is 0.177. The van der Waals surface area contributed by atoms with Crippen molar-refractivity contribution in [1.29, 1.82) is 0 Å². The van der Waals surface area contributed by atoms with Crippen molar-refractivity contribution >= 4 is 17.8 Å². The Morgan fingerprint density at radius 2 is 1.67 bits per heavy atom. The van der Waals surface area contributed by atoms with Crippen LogP contribution in [-0.2, 0) is 9.53 Å². The molecule has 1 aromatic rings. The van der Waals surface area contributed by atoms with Gasteiger partial charge >= 0.3 is 12.0 Å². The molecule has 3 N–H and O–H groups in total. The highest BCUT2D eigenvalue weighted by atomic mass is 16.5. The maximum absolute atomic E-state index is 12.3. The monoisotopic (exact) mass is 334 g/mol. The number of primary amides is 1. The summed E-state index contributed by atoms with van der Waals surface area (Å²) in [6.45, 7) is 6.01. The molecule has 132 valence electrons. The highest BCUT2D eigenvalue weighted by Gasteiger charge is 2.15. The lowest BCUT2D eigenvalue weighted by atomic mass is 9.97. The number of carbonyl (C=O) groups excluding carboxylic acids is 3. The van der Waals surface area contributed by atoms with Crippen molar-refractivity contribution in [3.8, 4) is 0 Å². The van der Waals surface area contributed by atoms with Gasteiger partial charge in [0.15, 0.2) is 6.61 Å². The number of urea groups is 1. The van der Waals surface area contributed by atoms with Crippen molar-refractivity contribution in [2.75, 3.05) is 13.2 Å². The van der Waals surface area contributed by atoms with Crippen LogP contribution in [0.4, 0.5) is 4.79 Å². The zero-order chi connectivity index (χ0) is 18.1. The lowest BCUT2D eigenvalue weighted by Crippen LogP contribution is -2.29. The van der Waals surface area contributed by atoms with Gasteiger partial charge in [-0.2, -0.15) is 0 Å². The fraction of sp³-hybridized carbons (Fsp3) is 0.500. The molecule has 0 radical (unpaired) electrons. The van der Waals surface area contributed by atoms with Gasteiger partial charge in [0.1, 0.15) is 0 Å².